The third-order valence-corrected chi connectivity index (χ3v) is 6.09. The van der Waals surface area contributed by atoms with Crippen molar-refractivity contribution in [1.29, 1.82) is 0 Å². The third kappa shape index (κ3) is 3.00. The predicted molar refractivity (Wildman–Crippen MR) is 105 cm³/mol. The monoisotopic (exact) mass is 383 g/mol. The van der Waals surface area contributed by atoms with Gasteiger partial charge in [-0.1, -0.05) is 35.9 Å². The number of amides is 1. The first-order chi connectivity index (χ1) is 12.7. The van der Waals surface area contributed by atoms with Crippen LogP contribution in [0.3, 0.4) is 0 Å². The number of thiophene rings is 1. The number of fused-ring (bicyclic) bond motifs is 1. The molecular weight excluding hydrogens is 366 g/mol. The van der Waals surface area contributed by atoms with Gasteiger partial charge in [-0.15, -0.1) is 11.3 Å². The van der Waals surface area contributed by atoms with Crippen molar-refractivity contribution in [2.75, 3.05) is 13.7 Å². The van der Waals surface area contributed by atoms with Crippen molar-refractivity contribution in [2.45, 2.75) is 12.5 Å². The molecule has 1 atom stereocenters. The molecule has 1 aliphatic rings. The Labute approximate surface area is 161 Å². The summed E-state index contributed by atoms with van der Waals surface area (Å²) in [4.78, 5) is 16.5. The smallest absolute Gasteiger partial charge is 0.256 e. The van der Waals surface area contributed by atoms with Crippen LogP contribution < -0.4 is 4.74 Å². The van der Waals surface area contributed by atoms with Gasteiger partial charge < -0.3 is 9.64 Å². The molecule has 1 aromatic heterocycles. The van der Waals surface area contributed by atoms with Crippen molar-refractivity contribution in [3.8, 4) is 5.75 Å². The molecule has 0 saturated heterocycles. The molecule has 4 rings (SSSR count). The standard InChI is InChI=1S/C21H18ClNO2S/c1-25-15-8-6-14(7-9-15)20-17-11-13-26-19(17)10-12-23(20)21(24)16-4-2-3-5-18(16)22/h2-9,11,13,20H,10,12H2,1H3/t20-/m0/s1. The Morgan fingerprint density at radius 1 is 1.15 bits per heavy atom. The molecule has 0 saturated carbocycles. The van der Waals surface area contributed by atoms with Gasteiger partial charge in [-0.25, -0.2) is 0 Å². The second kappa shape index (κ2) is 7.14. The van der Waals surface area contributed by atoms with Crippen LogP contribution in [0.2, 0.25) is 5.02 Å². The summed E-state index contributed by atoms with van der Waals surface area (Å²) in [6, 6.07) is 17.2. The minimum Gasteiger partial charge on any atom is -0.497 e. The minimum absolute atomic E-state index is 0.0340. The zero-order valence-electron chi connectivity index (χ0n) is 14.3. The lowest BCUT2D eigenvalue weighted by molar-refractivity contribution is 0.0696. The van der Waals surface area contributed by atoms with E-state index in [2.05, 4.69) is 11.4 Å². The molecule has 5 heteroatoms. The molecule has 0 aliphatic carbocycles. The maximum atomic E-state index is 13.3. The molecule has 0 N–H and O–H groups in total. The highest BCUT2D eigenvalue weighted by atomic mass is 35.5. The predicted octanol–water partition coefficient (Wildman–Crippen LogP) is 5.20. The quantitative estimate of drug-likeness (QED) is 0.622. The highest BCUT2D eigenvalue weighted by Gasteiger charge is 2.33. The number of methoxy groups -OCH3 is 1. The third-order valence-electron chi connectivity index (χ3n) is 4.76. The second-order valence-electron chi connectivity index (χ2n) is 6.20. The van der Waals surface area contributed by atoms with E-state index in [0.717, 1.165) is 17.7 Å². The van der Waals surface area contributed by atoms with E-state index in [-0.39, 0.29) is 11.9 Å². The van der Waals surface area contributed by atoms with Gasteiger partial charge in [0.05, 0.1) is 23.7 Å². The molecule has 3 aromatic rings. The summed E-state index contributed by atoms with van der Waals surface area (Å²) >= 11 is 8.04. The van der Waals surface area contributed by atoms with E-state index in [1.165, 1.54) is 10.4 Å². The normalized spacial score (nSPS) is 16.2. The van der Waals surface area contributed by atoms with Crippen LogP contribution in [-0.2, 0) is 6.42 Å². The van der Waals surface area contributed by atoms with Gasteiger partial charge in [0.1, 0.15) is 5.75 Å². The molecule has 0 spiro atoms. The molecule has 132 valence electrons. The number of hydrogen-bond acceptors (Lipinski definition) is 3. The molecule has 0 bridgehead atoms. The summed E-state index contributed by atoms with van der Waals surface area (Å²) in [5.74, 6) is 0.771. The Morgan fingerprint density at radius 3 is 2.65 bits per heavy atom. The van der Waals surface area contributed by atoms with Crippen LogP contribution >= 0.6 is 22.9 Å². The van der Waals surface area contributed by atoms with Gasteiger partial charge in [0, 0.05) is 11.4 Å². The molecule has 1 aliphatic heterocycles. The number of nitrogens with zero attached hydrogens (tertiary/aromatic N) is 1. The Hall–Kier alpha value is -2.30. The van der Waals surface area contributed by atoms with Crippen LogP contribution in [0, 0.1) is 0 Å². The lowest BCUT2D eigenvalue weighted by Gasteiger charge is -2.36. The summed E-state index contributed by atoms with van der Waals surface area (Å²) in [5, 5.41) is 2.59. The summed E-state index contributed by atoms with van der Waals surface area (Å²) in [6.07, 6.45) is 0.871. The van der Waals surface area contributed by atoms with Gasteiger partial charge in [-0.2, -0.15) is 0 Å². The lowest BCUT2D eigenvalue weighted by atomic mass is 9.92. The fraction of sp³-hybridized carbons (Fsp3) is 0.190. The van der Waals surface area contributed by atoms with Crippen LogP contribution in [-0.4, -0.2) is 24.5 Å². The Balaban J connectivity index is 1.77. The number of halogens is 1. The van der Waals surface area contributed by atoms with Gasteiger partial charge in [-0.3, -0.25) is 4.79 Å². The SMILES string of the molecule is COc1ccc([C@H]2c3ccsc3CCN2C(=O)c2ccccc2Cl)cc1. The molecule has 0 fully saturated rings. The van der Waals surface area contributed by atoms with E-state index in [0.29, 0.717) is 17.1 Å². The van der Waals surface area contributed by atoms with Crippen LogP contribution in [0.1, 0.15) is 32.4 Å². The van der Waals surface area contributed by atoms with Gasteiger partial charge in [0.25, 0.3) is 5.91 Å². The van der Waals surface area contributed by atoms with Crippen molar-refractivity contribution < 1.29 is 9.53 Å². The average Bonchev–Trinajstić information content (AvgIpc) is 3.16. The lowest BCUT2D eigenvalue weighted by Crippen LogP contribution is -2.40. The zero-order valence-corrected chi connectivity index (χ0v) is 15.9. The number of benzene rings is 2. The Kier molecular flexibility index (Phi) is 4.70. The summed E-state index contributed by atoms with van der Waals surface area (Å²) in [7, 11) is 1.65. The number of rotatable bonds is 3. The maximum absolute atomic E-state index is 13.3. The fourth-order valence-corrected chi connectivity index (χ4v) is 4.59. The zero-order chi connectivity index (χ0) is 18.1. The van der Waals surface area contributed by atoms with Crippen molar-refractivity contribution in [3.05, 3.63) is 86.6 Å². The van der Waals surface area contributed by atoms with E-state index in [1.807, 2.05) is 41.3 Å². The van der Waals surface area contributed by atoms with E-state index in [9.17, 15) is 4.79 Å². The summed E-state index contributed by atoms with van der Waals surface area (Å²) in [6.45, 7) is 0.675. The Morgan fingerprint density at radius 2 is 1.92 bits per heavy atom. The van der Waals surface area contributed by atoms with Crippen molar-refractivity contribution in [2.24, 2.45) is 0 Å². The first kappa shape index (κ1) is 17.1. The van der Waals surface area contributed by atoms with E-state index >= 15 is 0 Å². The van der Waals surface area contributed by atoms with E-state index in [4.69, 9.17) is 16.3 Å². The van der Waals surface area contributed by atoms with E-state index in [1.54, 1.807) is 30.6 Å². The number of ether oxygens (including phenoxy) is 1. The van der Waals surface area contributed by atoms with Crippen LogP contribution in [0.25, 0.3) is 0 Å². The molecule has 0 unspecified atom stereocenters. The molecule has 26 heavy (non-hydrogen) atoms. The fourth-order valence-electron chi connectivity index (χ4n) is 3.47. The minimum atomic E-state index is -0.111. The molecule has 1 amide bonds. The second-order valence-corrected chi connectivity index (χ2v) is 7.61. The molecule has 0 radical (unpaired) electrons. The van der Waals surface area contributed by atoms with Crippen molar-refractivity contribution in [3.63, 3.8) is 0 Å². The highest BCUT2D eigenvalue weighted by Crippen LogP contribution is 2.39. The van der Waals surface area contributed by atoms with Gasteiger partial charge in [0.2, 0.25) is 0 Å². The van der Waals surface area contributed by atoms with Gasteiger partial charge in [-0.05, 0) is 53.3 Å². The highest BCUT2D eigenvalue weighted by molar-refractivity contribution is 7.10. The Bertz CT molecular complexity index is 935. The van der Waals surface area contributed by atoms with Crippen LogP contribution in [0.4, 0.5) is 0 Å². The van der Waals surface area contributed by atoms with Gasteiger partial charge >= 0.3 is 0 Å². The molecule has 2 aromatic carbocycles. The molecular formula is C21H18ClNO2S. The van der Waals surface area contributed by atoms with Gasteiger partial charge in [0.15, 0.2) is 0 Å². The first-order valence-electron chi connectivity index (χ1n) is 8.44. The van der Waals surface area contributed by atoms with Crippen LogP contribution in [0.15, 0.2) is 60.0 Å². The largest absolute Gasteiger partial charge is 0.497 e. The molecule has 3 nitrogen and oxygen atoms in total. The summed E-state index contributed by atoms with van der Waals surface area (Å²) in [5.41, 5.74) is 2.82. The summed E-state index contributed by atoms with van der Waals surface area (Å²) < 4.78 is 5.27. The van der Waals surface area contributed by atoms with Crippen molar-refractivity contribution in [1.82, 2.24) is 4.90 Å². The number of hydrogen-bond donors (Lipinski definition) is 0. The van der Waals surface area contributed by atoms with E-state index < -0.39 is 0 Å². The first-order valence-corrected chi connectivity index (χ1v) is 9.70. The maximum Gasteiger partial charge on any atom is 0.256 e. The number of carbonyl (C=O) groups excluding carboxylic acids is 1. The topological polar surface area (TPSA) is 29.5 Å². The average molecular weight is 384 g/mol. The molecule has 2 heterocycles. The number of carbonyl (C=O) groups is 1. The van der Waals surface area contributed by atoms with Crippen LogP contribution in [0.5, 0.6) is 5.75 Å². The van der Waals surface area contributed by atoms with Crippen molar-refractivity contribution >= 4 is 28.8 Å².